The van der Waals surface area contributed by atoms with Crippen molar-refractivity contribution in [3.05, 3.63) is 84.3 Å². The number of carbonyl (C=O) groups is 1. The molecule has 0 aliphatic carbocycles. The molecular weight excluding hydrogens is 484 g/mol. The first-order valence-corrected chi connectivity index (χ1v) is 13.9. The van der Waals surface area contributed by atoms with E-state index in [1.54, 1.807) is 0 Å². The van der Waals surface area contributed by atoms with Crippen LogP contribution in [0.1, 0.15) is 36.9 Å². The second-order valence-corrected chi connectivity index (χ2v) is 10.4. The monoisotopic (exact) mass is 518 g/mol. The second-order valence-electron chi connectivity index (χ2n) is 10.4. The first kappa shape index (κ1) is 25.2. The van der Waals surface area contributed by atoms with Crippen LogP contribution in [0.25, 0.3) is 38.9 Å². The molecule has 1 N–H and O–H groups in total. The van der Waals surface area contributed by atoms with E-state index in [1.165, 1.54) is 25.9 Å². The Morgan fingerprint density at radius 1 is 1.03 bits per heavy atom. The number of aryl methyl sites for hydroxylation is 2. The van der Waals surface area contributed by atoms with Gasteiger partial charge in [-0.05, 0) is 99.8 Å². The molecule has 0 unspecified atom stereocenters. The maximum atomic E-state index is 12.5. The molecule has 1 aliphatic rings. The molecule has 1 saturated heterocycles. The van der Waals surface area contributed by atoms with E-state index in [0.717, 1.165) is 69.7 Å². The van der Waals surface area contributed by atoms with E-state index in [-0.39, 0.29) is 5.91 Å². The lowest BCUT2D eigenvalue weighted by molar-refractivity contribution is -0.121. The number of rotatable bonds is 9. The number of nitrogens with one attached hydrogen (secondary N) is 1. The maximum absolute atomic E-state index is 12.5. The lowest BCUT2D eigenvalue weighted by Crippen LogP contribution is -2.28. The third-order valence-corrected chi connectivity index (χ3v) is 7.56. The Morgan fingerprint density at radius 3 is 2.79 bits per heavy atom. The van der Waals surface area contributed by atoms with Gasteiger partial charge in [-0.3, -0.25) is 14.8 Å². The summed E-state index contributed by atoms with van der Waals surface area (Å²) in [6, 6.07) is 20.5. The van der Waals surface area contributed by atoms with Gasteiger partial charge in [0.2, 0.25) is 5.91 Å². The van der Waals surface area contributed by atoms with Crippen molar-refractivity contribution in [3.63, 3.8) is 0 Å². The van der Waals surface area contributed by atoms with Crippen molar-refractivity contribution in [2.24, 2.45) is 0 Å². The van der Waals surface area contributed by atoms with E-state index in [0.29, 0.717) is 12.8 Å². The minimum Gasteiger partial charge on any atom is -0.356 e. The molecule has 7 heteroatoms. The number of hydrogen-bond acceptors (Lipinski definition) is 5. The molecular formula is C32H34N6O. The van der Waals surface area contributed by atoms with Gasteiger partial charge in [-0.15, -0.1) is 0 Å². The molecule has 0 radical (unpaired) electrons. The van der Waals surface area contributed by atoms with Crippen molar-refractivity contribution >= 4 is 22.3 Å². The fourth-order valence-electron chi connectivity index (χ4n) is 5.57. The van der Waals surface area contributed by atoms with E-state index in [2.05, 4.69) is 45.5 Å². The number of aromatic nitrogens is 4. The van der Waals surface area contributed by atoms with Gasteiger partial charge in [0.25, 0.3) is 0 Å². The van der Waals surface area contributed by atoms with Crippen molar-refractivity contribution in [1.29, 1.82) is 0 Å². The number of likely N-dealkylation sites (tertiary alicyclic amines) is 1. The maximum Gasteiger partial charge on any atom is 0.220 e. The van der Waals surface area contributed by atoms with Gasteiger partial charge in [0.05, 0.1) is 16.7 Å². The van der Waals surface area contributed by atoms with Crippen LogP contribution < -0.4 is 5.32 Å². The summed E-state index contributed by atoms with van der Waals surface area (Å²) in [6.07, 6.45) is 8.61. The lowest BCUT2D eigenvalue weighted by Gasteiger charge is -2.14. The highest BCUT2D eigenvalue weighted by Crippen LogP contribution is 2.38. The Hall–Kier alpha value is -4.10. The third-order valence-electron chi connectivity index (χ3n) is 7.56. The van der Waals surface area contributed by atoms with Crippen LogP contribution >= 0.6 is 0 Å². The summed E-state index contributed by atoms with van der Waals surface area (Å²) >= 11 is 0. The van der Waals surface area contributed by atoms with Crippen molar-refractivity contribution in [3.8, 4) is 22.5 Å². The summed E-state index contributed by atoms with van der Waals surface area (Å²) in [4.78, 5) is 24.4. The summed E-state index contributed by atoms with van der Waals surface area (Å²) < 4.78 is 1.92. The standard InChI is InChI=1S/C32H34N6O/c1-23-8-6-9-27(35-23)32-31(29-10-2-3-21-38(29)36-32)26-15-17-33-28-22-24(11-13-25(26)28)12-14-30(39)34-16-7-20-37-18-4-5-19-37/h2-3,6,8-11,13,15,17,21-22H,4-5,7,12,14,16,18-20H2,1H3,(H,34,39). The van der Waals surface area contributed by atoms with E-state index in [9.17, 15) is 4.79 Å². The molecule has 0 atom stereocenters. The molecule has 6 rings (SSSR count). The molecule has 1 aromatic carbocycles. The zero-order chi connectivity index (χ0) is 26.6. The van der Waals surface area contributed by atoms with Gasteiger partial charge in [-0.2, -0.15) is 5.10 Å². The Balaban J connectivity index is 1.22. The van der Waals surface area contributed by atoms with Crippen LogP contribution in [-0.4, -0.2) is 56.6 Å². The number of hydrogen-bond donors (Lipinski definition) is 1. The summed E-state index contributed by atoms with van der Waals surface area (Å²) in [7, 11) is 0. The minimum atomic E-state index is 0.111. The molecule has 1 fully saturated rings. The molecule has 7 nitrogen and oxygen atoms in total. The summed E-state index contributed by atoms with van der Waals surface area (Å²) in [6.45, 7) is 6.22. The molecule has 0 bridgehead atoms. The molecule has 5 heterocycles. The van der Waals surface area contributed by atoms with Crippen LogP contribution in [0.5, 0.6) is 0 Å². The fraction of sp³-hybridized carbons (Fsp3) is 0.312. The van der Waals surface area contributed by atoms with Crippen molar-refractivity contribution in [2.45, 2.75) is 39.0 Å². The SMILES string of the molecule is Cc1cccc(-c2nn3ccccc3c2-c2ccnc3cc(CCC(=O)NCCCN4CCCC4)ccc23)n1. The number of fused-ring (bicyclic) bond motifs is 2. The summed E-state index contributed by atoms with van der Waals surface area (Å²) in [5.74, 6) is 0.111. The highest BCUT2D eigenvalue weighted by Gasteiger charge is 2.19. The average molecular weight is 519 g/mol. The van der Waals surface area contributed by atoms with Gasteiger partial charge >= 0.3 is 0 Å². The van der Waals surface area contributed by atoms with Gasteiger partial charge < -0.3 is 10.2 Å². The number of carbonyl (C=O) groups excluding carboxylic acids is 1. The van der Waals surface area contributed by atoms with E-state index in [4.69, 9.17) is 10.1 Å². The number of benzene rings is 1. The first-order valence-electron chi connectivity index (χ1n) is 13.9. The predicted molar refractivity (Wildman–Crippen MR) is 156 cm³/mol. The van der Waals surface area contributed by atoms with Gasteiger partial charge in [-0.25, -0.2) is 4.52 Å². The summed E-state index contributed by atoms with van der Waals surface area (Å²) in [5, 5.41) is 9.06. The molecule has 1 aliphatic heterocycles. The topological polar surface area (TPSA) is 75.4 Å². The first-order chi connectivity index (χ1) is 19.2. The Bertz CT molecular complexity index is 1620. The van der Waals surface area contributed by atoms with Crippen LogP contribution in [0, 0.1) is 6.92 Å². The highest BCUT2D eigenvalue weighted by atomic mass is 16.1. The van der Waals surface area contributed by atoms with Crippen LogP contribution in [-0.2, 0) is 11.2 Å². The zero-order valence-corrected chi connectivity index (χ0v) is 22.4. The predicted octanol–water partition coefficient (Wildman–Crippen LogP) is 5.45. The molecule has 5 aromatic rings. The fourth-order valence-corrected chi connectivity index (χ4v) is 5.57. The molecule has 198 valence electrons. The molecule has 0 saturated carbocycles. The second kappa shape index (κ2) is 11.3. The Morgan fingerprint density at radius 2 is 1.92 bits per heavy atom. The quantitative estimate of drug-likeness (QED) is 0.263. The van der Waals surface area contributed by atoms with Crippen molar-refractivity contribution in [2.75, 3.05) is 26.2 Å². The Labute approximate surface area is 228 Å². The minimum absolute atomic E-state index is 0.111. The van der Waals surface area contributed by atoms with Crippen LogP contribution in [0.3, 0.4) is 0 Å². The molecule has 4 aromatic heterocycles. The van der Waals surface area contributed by atoms with Gasteiger partial charge in [0, 0.05) is 42.0 Å². The van der Waals surface area contributed by atoms with Gasteiger partial charge in [0.15, 0.2) is 0 Å². The highest BCUT2D eigenvalue weighted by molar-refractivity contribution is 6.03. The number of amides is 1. The zero-order valence-electron chi connectivity index (χ0n) is 22.4. The van der Waals surface area contributed by atoms with E-state index < -0.39 is 0 Å². The third kappa shape index (κ3) is 5.54. The average Bonchev–Trinajstić information content (AvgIpc) is 3.62. The van der Waals surface area contributed by atoms with E-state index in [1.807, 2.05) is 54.2 Å². The lowest BCUT2D eigenvalue weighted by atomic mass is 9.97. The molecule has 39 heavy (non-hydrogen) atoms. The van der Waals surface area contributed by atoms with Crippen LogP contribution in [0.2, 0.25) is 0 Å². The summed E-state index contributed by atoms with van der Waals surface area (Å²) in [5.41, 5.74) is 7.81. The molecule has 0 spiro atoms. The smallest absolute Gasteiger partial charge is 0.220 e. The largest absolute Gasteiger partial charge is 0.356 e. The van der Waals surface area contributed by atoms with Crippen molar-refractivity contribution in [1.82, 2.24) is 29.8 Å². The van der Waals surface area contributed by atoms with E-state index >= 15 is 0 Å². The van der Waals surface area contributed by atoms with Crippen LogP contribution in [0.15, 0.2) is 73.1 Å². The van der Waals surface area contributed by atoms with Gasteiger partial charge in [0.1, 0.15) is 5.69 Å². The van der Waals surface area contributed by atoms with Crippen LogP contribution in [0.4, 0.5) is 0 Å². The number of pyridine rings is 3. The van der Waals surface area contributed by atoms with Crippen molar-refractivity contribution < 1.29 is 4.79 Å². The Kier molecular flexibility index (Phi) is 7.32. The number of nitrogens with zero attached hydrogens (tertiary/aromatic N) is 5. The van der Waals surface area contributed by atoms with Gasteiger partial charge in [-0.1, -0.05) is 24.3 Å². The normalized spacial score (nSPS) is 13.9. The molecule has 1 amide bonds.